The van der Waals surface area contributed by atoms with Crippen LogP contribution < -0.4 is 9.47 Å². The molecule has 38 heavy (non-hydrogen) atoms. The number of carbonyl (C=O) groups is 1. The highest BCUT2D eigenvalue weighted by atomic mass is 35.5. The summed E-state index contributed by atoms with van der Waals surface area (Å²) < 4.78 is 11.5. The third-order valence-corrected chi connectivity index (χ3v) is 7.38. The number of nitrogens with one attached hydrogen (secondary N) is 1. The van der Waals surface area contributed by atoms with Crippen LogP contribution in [0.25, 0.3) is 10.9 Å². The van der Waals surface area contributed by atoms with Gasteiger partial charge in [0.1, 0.15) is 17.5 Å². The molecule has 3 aromatic carbocycles. The van der Waals surface area contributed by atoms with Crippen LogP contribution in [0.5, 0.6) is 11.5 Å². The van der Waals surface area contributed by atoms with Gasteiger partial charge in [-0.05, 0) is 72.1 Å². The summed E-state index contributed by atoms with van der Waals surface area (Å²) in [6.45, 7) is 1.97. The lowest BCUT2D eigenvalue weighted by Crippen LogP contribution is -2.42. The third kappa shape index (κ3) is 5.33. The van der Waals surface area contributed by atoms with Crippen molar-refractivity contribution in [2.45, 2.75) is 19.4 Å². The maximum atomic E-state index is 13.4. The molecule has 1 aliphatic rings. The molecule has 3 N–H and O–H groups in total. The number of aliphatic hydroxyl groups is 2. The second-order valence-corrected chi connectivity index (χ2v) is 10.7. The van der Waals surface area contributed by atoms with Gasteiger partial charge in [-0.1, -0.05) is 42.3 Å². The number of aromatic nitrogens is 1. The number of aromatic amines is 1. The van der Waals surface area contributed by atoms with Crippen LogP contribution in [0.2, 0.25) is 10.0 Å². The number of rotatable bonds is 7. The normalized spacial score (nSPS) is 15.4. The number of hydrogen-bond acceptors (Lipinski definition) is 5. The van der Waals surface area contributed by atoms with Crippen molar-refractivity contribution in [1.29, 1.82) is 0 Å². The molecule has 4 aromatic rings. The van der Waals surface area contributed by atoms with Crippen LogP contribution in [-0.2, 0) is 6.42 Å². The Hall–Kier alpha value is -3.23. The second kappa shape index (κ2) is 10.9. The van der Waals surface area contributed by atoms with Crippen LogP contribution in [0, 0.1) is 5.41 Å². The number of benzene rings is 3. The zero-order valence-corrected chi connectivity index (χ0v) is 22.3. The van der Waals surface area contributed by atoms with Gasteiger partial charge in [0.25, 0.3) is 0 Å². The third-order valence-electron chi connectivity index (χ3n) is 6.89. The summed E-state index contributed by atoms with van der Waals surface area (Å²) in [6.07, 6.45) is 0.172. The quantitative estimate of drug-likeness (QED) is 0.261. The largest absolute Gasteiger partial charge is 0.493 e. The van der Waals surface area contributed by atoms with E-state index in [9.17, 15) is 15.0 Å². The fourth-order valence-electron chi connectivity index (χ4n) is 4.61. The van der Waals surface area contributed by atoms with Crippen LogP contribution in [0.1, 0.15) is 29.8 Å². The number of H-pyrrole nitrogens is 1. The van der Waals surface area contributed by atoms with Gasteiger partial charge in [0.2, 0.25) is 0 Å². The van der Waals surface area contributed by atoms with E-state index in [1.165, 1.54) is 0 Å². The molecule has 0 fully saturated rings. The topological polar surface area (TPSA) is 95.0 Å². The average Bonchev–Trinajstić information content (AvgIpc) is 3.30. The van der Waals surface area contributed by atoms with Gasteiger partial charge in [0.15, 0.2) is 0 Å². The van der Waals surface area contributed by atoms with Crippen LogP contribution in [0.4, 0.5) is 4.79 Å². The van der Waals surface area contributed by atoms with Gasteiger partial charge in [0, 0.05) is 38.6 Å². The lowest BCUT2D eigenvalue weighted by molar-refractivity contribution is 0.0287. The molecule has 0 radical (unpaired) electrons. The van der Waals surface area contributed by atoms with Crippen molar-refractivity contribution in [2.24, 2.45) is 5.41 Å². The minimum absolute atomic E-state index is 0.162. The molecular weight excluding hydrogens is 527 g/mol. The Morgan fingerprint density at radius 2 is 1.66 bits per heavy atom. The van der Waals surface area contributed by atoms with Crippen LogP contribution in [0.3, 0.4) is 0 Å². The van der Waals surface area contributed by atoms with Gasteiger partial charge in [0.05, 0.1) is 19.8 Å². The molecule has 0 spiro atoms. The Bertz CT molecular complexity index is 1430. The summed E-state index contributed by atoms with van der Waals surface area (Å²) in [5.74, 6) is 1.00. The lowest BCUT2D eigenvalue weighted by Gasteiger charge is -2.35. The molecule has 0 saturated heterocycles. The first-order valence-corrected chi connectivity index (χ1v) is 13.0. The summed E-state index contributed by atoms with van der Waals surface area (Å²) in [5, 5.41) is 21.3. The summed E-state index contributed by atoms with van der Waals surface area (Å²) in [4.78, 5) is 18.6. The molecule has 0 bridgehead atoms. The van der Waals surface area contributed by atoms with E-state index in [0.29, 0.717) is 34.5 Å². The van der Waals surface area contributed by atoms with Crippen molar-refractivity contribution < 1.29 is 24.5 Å². The molecule has 0 saturated carbocycles. The van der Waals surface area contributed by atoms with Crippen LogP contribution in [0.15, 0.2) is 66.7 Å². The van der Waals surface area contributed by atoms with Gasteiger partial charge in [-0.25, -0.2) is 4.79 Å². The smallest absolute Gasteiger partial charge is 0.416 e. The first-order valence-electron chi connectivity index (χ1n) is 12.3. The first kappa shape index (κ1) is 26.4. The Morgan fingerprint density at radius 3 is 2.34 bits per heavy atom. The van der Waals surface area contributed by atoms with E-state index < -0.39 is 17.6 Å². The van der Waals surface area contributed by atoms with Crippen molar-refractivity contribution in [1.82, 2.24) is 9.88 Å². The van der Waals surface area contributed by atoms with Gasteiger partial charge in [-0.3, -0.25) is 4.90 Å². The van der Waals surface area contributed by atoms with E-state index in [4.69, 9.17) is 32.7 Å². The molecule has 1 unspecified atom stereocenters. The molecular formula is C29H28Cl2N2O5. The maximum absolute atomic E-state index is 13.4. The van der Waals surface area contributed by atoms with Gasteiger partial charge in [-0.2, -0.15) is 0 Å². The summed E-state index contributed by atoms with van der Waals surface area (Å²) in [6, 6.07) is 19.4. The molecule has 198 valence electrons. The number of carbonyl (C=O) groups excluding carboxylic acids is 1. The van der Waals surface area contributed by atoms with Crippen molar-refractivity contribution in [3.63, 3.8) is 0 Å². The number of amides is 1. The van der Waals surface area contributed by atoms with E-state index >= 15 is 0 Å². The molecule has 1 atom stereocenters. The highest BCUT2D eigenvalue weighted by Crippen LogP contribution is 2.40. The SMILES string of the molecule is CC(CO)(CO)COc1ccc(C2c3[nH]c4ccc(Cl)cc4c3CCN2C(=O)Oc2ccc(Cl)cc2)cc1. The highest BCUT2D eigenvalue weighted by molar-refractivity contribution is 6.31. The number of fused-ring (bicyclic) bond motifs is 3. The van der Waals surface area contributed by atoms with E-state index in [1.807, 2.05) is 42.5 Å². The Morgan fingerprint density at radius 1 is 1.00 bits per heavy atom. The molecule has 1 aromatic heterocycles. The van der Waals surface area contributed by atoms with Crippen molar-refractivity contribution >= 4 is 40.2 Å². The monoisotopic (exact) mass is 554 g/mol. The Labute approximate surface area is 230 Å². The average molecular weight is 555 g/mol. The van der Waals surface area contributed by atoms with E-state index in [1.54, 1.807) is 36.1 Å². The number of nitrogens with zero attached hydrogens (tertiary/aromatic N) is 1. The molecule has 2 heterocycles. The number of halogens is 2. The van der Waals surface area contributed by atoms with Crippen molar-refractivity contribution in [3.05, 3.63) is 93.6 Å². The zero-order chi connectivity index (χ0) is 26.9. The number of hydrogen-bond donors (Lipinski definition) is 3. The number of aliphatic hydroxyl groups excluding tert-OH is 2. The summed E-state index contributed by atoms with van der Waals surface area (Å²) in [5.41, 5.74) is 3.10. The van der Waals surface area contributed by atoms with Crippen molar-refractivity contribution in [3.8, 4) is 11.5 Å². The lowest BCUT2D eigenvalue weighted by atomic mass is 9.92. The molecule has 7 nitrogen and oxygen atoms in total. The predicted molar refractivity (Wildman–Crippen MR) is 147 cm³/mol. The van der Waals surface area contributed by atoms with Crippen molar-refractivity contribution in [2.75, 3.05) is 26.4 Å². The molecule has 5 rings (SSSR count). The second-order valence-electron chi connectivity index (χ2n) is 9.86. The van der Waals surface area contributed by atoms with Crippen LogP contribution >= 0.6 is 23.2 Å². The minimum Gasteiger partial charge on any atom is -0.493 e. The predicted octanol–water partition coefficient (Wildman–Crippen LogP) is 5.99. The summed E-state index contributed by atoms with van der Waals surface area (Å²) in [7, 11) is 0. The fraction of sp³-hybridized carbons (Fsp3) is 0.276. The molecule has 9 heteroatoms. The fourth-order valence-corrected chi connectivity index (χ4v) is 4.91. The molecule has 1 aliphatic heterocycles. The van der Waals surface area contributed by atoms with E-state index in [2.05, 4.69) is 4.98 Å². The van der Waals surface area contributed by atoms with E-state index in [-0.39, 0.29) is 19.8 Å². The number of ether oxygens (including phenoxy) is 2. The van der Waals surface area contributed by atoms with Gasteiger partial charge >= 0.3 is 6.09 Å². The Balaban J connectivity index is 1.48. The first-order chi connectivity index (χ1) is 18.3. The summed E-state index contributed by atoms with van der Waals surface area (Å²) >= 11 is 12.3. The van der Waals surface area contributed by atoms with Gasteiger partial charge in [-0.15, -0.1) is 0 Å². The zero-order valence-electron chi connectivity index (χ0n) is 20.8. The standard InChI is InChI=1S/C29H28Cl2N2O5/c1-29(15-34,16-35)17-37-21-7-2-18(3-8-21)27-26-23(24-14-20(31)6-11-25(24)32-26)12-13-33(27)28(36)38-22-9-4-19(30)5-10-22/h2-11,14,27,32,34-35H,12-13,15-17H2,1H3. The molecule has 0 aliphatic carbocycles. The highest BCUT2D eigenvalue weighted by Gasteiger charge is 2.36. The molecule has 1 amide bonds. The minimum atomic E-state index is -0.745. The van der Waals surface area contributed by atoms with E-state index in [0.717, 1.165) is 27.7 Å². The Kier molecular flexibility index (Phi) is 7.54. The van der Waals surface area contributed by atoms with Crippen LogP contribution in [-0.4, -0.2) is 52.6 Å². The maximum Gasteiger partial charge on any atom is 0.416 e. The van der Waals surface area contributed by atoms with Gasteiger partial charge < -0.3 is 24.7 Å².